The molecule has 0 radical (unpaired) electrons. The Hall–Kier alpha value is -1.97. The average Bonchev–Trinajstić information content (AvgIpc) is 3.15. The third-order valence-electron chi connectivity index (χ3n) is 5.24. The minimum Gasteiger partial charge on any atom is -0.273 e. The number of benzene rings is 1. The summed E-state index contributed by atoms with van der Waals surface area (Å²) >= 11 is 0. The van der Waals surface area contributed by atoms with Crippen molar-refractivity contribution in [3.05, 3.63) is 36.4 Å². The lowest BCUT2D eigenvalue weighted by molar-refractivity contribution is 0.0887. The molecular formula is C24H37N3O. The Kier molecular flexibility index (Phi) is 11.2. The lowest BCUT2D eigenvalue weighted by Crippen LogP contribution is -2.11. The van der Waals surface area contributed by atoms with Crippen LogP contribution in [0.3, 0.4) is 0 Å². The van der Waals surface area contributed by atoms with E-state index >= 15 is 0 Å². The summed E-state index contributed by atoms with van der Waals surface area (Å²) in [6, 6.07) is 7.58. The number of para-hydroxylation sites is 1. The number of rotatable bonds is 15. The monoisotopic (exact) mass is 383 g/mol. The first-order valence-corrected chi connectivity index (χ1v) is 11.3. The van der Waals surface area contributed by atoms with E-state index in [-0.39, 0.29) is 5.91 Å². The maximum absolute atomic E-state index is 12.3. The van der Waals surface area contributed by atoms with Crippen molar-refractivity contribution in [1.82, 2.24) is 15.0 Å². The molecule has 0 unspecified atom stereocenters. The van der Waals surface area contributed by atoms with Crippen LogP contribution in [0.1, 0.15) is 102 Å². The Bertz CT molecular complexity index is 705. The third kappa shape index (κ3) is 8.37. The number of carbonyl (C=O) groups is 1. The zero-order chi connectivity index (χ0) is 19.9. The molecule has 0 bridgehead atoms. The molecule has 2 aromatic rings. The van der Waals surface area contributed by atoms with Crippen molar-refractivity contribution in [2.45, 2.75) is 96.8 Å². The number of fused-ring (bicyclic) bond motifs is 1. The zero-order valence-corrected chi connectivity index (χ0v) is 17.6. The Morgan fingerprint density at radius 3 is 2.18 bits per heavy atom. The van der Waals surface area contributed by atoms with Gasteiger partial charge in [-0.05, 0) is 37.8 Å². The van der Waals surface area contributed by atoms with Crippen LogP contribution in [0.4, 0.5) is 0 Å². The first-order valence-electron chi connectivity index (χ1n) is 11.3. The van der Waals surface area contributed by atoms with Crippen molar-refractivity contribution in [3.8, 4) is 0 Å². The summed E-state index contributed by atoms with van der Waals surface area (Å²) in [4.78, 5) is 12.3. The van der Waals surface area contributed by atoms with Gasteiger partial charge in [-0.2, -0.15) is 4.68 Å². The first-order chi connectivity index (χ1) is 13.8. The fourth-order valence-corrected chi connectivity index (χ4v) is 3.52. The summed E-state index contributed by atoms with van der Waals surface area (Å²) in [6.45, 7) is 2.27. The summed E-state index contributed by atoms with van der Waals surface area (Å²) in [5.41, 5.74) is 1.57. The van der Waals surface area contributed by atoms with Crippen LogP contribution in [0.5, 0.6) is 0 Å². The standard InChI is InChI=1S/C24H37N3O/c1-2-3-4-5-6-7-8-9-10-11-12-13-14-15-16-21-24(28)27-23-20-18-17-19-22(23)25-26-27/h13-14,17-20H,2-12,15-16,21H2,1H3/b14-13+. The van der Waals surface area contributed by atoms with E-state index in [2.05, 4.69) is 29.4 Å². The molecule has 154 valence electrons. The van der Waals surface area contributed by atoms with Crippen molar-refractivity contribution in [3.63, 3.8) is 0 Å². The van der Waals surface area contributed by atoms with E-state index < -0.39 is 0 Å². The summed E-state index contributed by atoms with van der Waals surface area (Å²) in [6.07, 6.45) is 21.8. The van der Waals surface area contributed by atoms with Gasteiger partial charge in [0.2, 0.25) is 5.91 Å². The van der Waals surface area contributed by atoms with Crippen LogP contribution in [-0.4, -0.2) is 20.9 Å². The molecule has 0 aliphatic rings. The van der Waals surface area contributed by atoms with Crippen molar-refractivity contribution < 1.29 is 4.79 Å². The molecule has 0 amide bonds. The molecule has 1 aromatic carbocycles. The number of nitrogens with zero attached hydrogens (tertiary/aromatic N) is 3. The highest BCUT2D eigenvalue weighted by atomic mass is 16.2. The summed E-state index contributed by atoms with van der Waals surface area (Å²) in [5.74, 6) is 0.0248. The highest BCUT2D eigenvalue weighted by Crippen LogP contribution is 2.13. The second-order valence-electron chi connectivity index (χ2n) is 7.72. The van der Waals surface area contributed by atoms with E-state index in [1.54, 1.807) is 0 Å². The van der Waals surface area contributed by atoms with Gasteiger partial charge in [0.05, 0.1) is 5.52 Å². The van der Waals surface area contributed by atoms with E-state index in [1.165, 1.54) is 68.9 Å². The van der Waals surface area contributed by atoms with Crippen LogP contribution < -0.4 is 0 Å². The fourth-order valence-electron chi connectivity index (χ4n) is 3.52. The van der Waals surface area contributed by atoms with E-state index in [1.807, 2.05) is 24.3 Å². The quantitative estimate of drug-likeness (QED) is 0.243. The molecule has 1 aromatic heterocycles. The van der Waals surface area contributed by atoms with Gasteiger partial charge in [-0.3, -0.25) is 4.79 Å². The summed E-state index contributed by atoms with van der Waals surface area (Å²) in [5, 5.41) is 8.02. The molecule has 0 aliphatic heterocycles. The highest BCUT2D eigenvalue weighted by Gasteiger charge is 2.10. The highest BCUT2D eigenvalue weighted by molar-refractivity contribution is 5.88. The summed E-state index contributed by atoms with van der Waals surface area (Å²) < 4.78 is 1.43. The van der Waals surface area contributed by atoms with Crippen LogP contribution in [-0.2, 0) is 0 Å². The lowest BCUT2D eigenvalue weighted by Gasteiger charge is -2.01. The zero-order valence-electron chi connectivity index (χ0n) is 17.6. The Morgan fingerprint density at radius 2 is 1.46 bits per heavy atom. The molecule has 0 saturated heterocycles. The molecule has 0 fully saturated rings. The molecule has 2 rings (SSSR count). The lowest BCUT2D eigenvalue weighted by atomic mass is 10.1. The number of allylic oxidation sites excluding steroid dienone is 2. The van der Waals surface area contributed by atoms with Crippen molar-refractivity contribution >= 4 is 16.9 Å². The number of hydrogen-bond acceptors (Lipinski definition) is 3. The van der Waals surface area contributed by atoms with E-state index in [0.29, 0.717) is 6.42 Å². The molecule has 0 N–H and O–H groups in total. The van der Waals surface area contributed by atoms with Gasteiger partial charge >= 0.3 is 0 Å². The van der Waals surface area contributed by atoms with Gasteiger partial charge < -0.3 is 0 Å². The molecule has 0 saturated carbocycles. The number of aromatic nitrogens is 3. The Labute approximate surface area is 170 Å². The largest absolute Gasteiger partial charge is 0.273 e. The van der Waals surface area contributed by atoms with Crippen molar-refractivity contribution in [1.29, 1.82) is 0 Å². The molecule has 4 heteroatoms. The predicted octanol–water partition coefficient (Wildman–Crippen LogP) is 7.11. The number of hydrogen-bond donors (Lipinski definition) is 0. The van der Waals surface area contributed by atoms with Gasteiger partial charge in [0, 0.05) is 6.42 Å². The van der Waals surface area contributed by atoms with E-state index in [9.17, 15) is 4.79 Å². The van der Waals surface area contributed by atoms with Gasteiger partial charge in [0.15, 0.2) is 0 Å². The molecule has 1 heterocycles. The van der Waals surface area contributed by atoms with Crippen molar-refractivity contribution in [2.24, 2.45) is 0 Å². The van der Waals surface area contributed by atoms with Crippen LogP contribution in [0, 0.1) is 0 Å². The third-order valence-corrected chi connectivity index (χ3v) is 5.24. The molecule has 0 aliphatic carbocycles. The first kappa shape index (κ1) is 22.3. The molecule has 4 nitrogen and oxygen atoms in total. The number of unbranched alkanes of at least 4 members (excludes halogenated alkanes) is 11. The second kappa shape index (κ2) is 14.1. The van der Waals surface area contributed by atoms with Gasteiger partial charge in [-0.15, -0.1) is 5.10 Å². The van der Waals surface area contributed by atoms with Gasteiger partial charge in [-0.25, -0.2) is 0 Å². The van der Waals surface area contributed by atoms with E-state index in [4.69, 9.17) is 0 Å². The average molecular weight is 384 g/mol. The Morgan fingerprint density at radius 1 is 0.857 bits per heavy atom. The SMILES string of the molecule is CCCCCCCCCCCC/C=C/CCCC(=O)n1nnc2ccccc21. The predicted molar refractivity (Wildman–Crippen MR) is 118 cm³/mol. The van der Waals surface area contributed by atoms with E-state index in [0.717, 1.165) is 30.3 Å². The topological polar surface area (TPSA) is 47.8 Å². The van der Waals surface area contributed by atoms with Crippen molar-refractivity contribution in [2.75, 3.05) is 0 Å². The van der Waals surface area contributed by atoms with Crippen LogP contribution in [0.2, 0.25) is 0 Å². The second-order valence-corrected chi connectivity index (χ2v) is 7.72. The minimum atomic E-state index is 0.0248. The molecule has 28 heavy (non-hydrogen) atoms. The van der Waals surface area contributed by atoms with Gasteiger partial charge in [-0.1, -0.05) is 94.2 Å². The molecule has 0 spiro atoms. The van der Waals surface area contributed by atoms with Crippen LogP contribution in [0.25, 0.3) is 11.0 Å². The van der Waals surface area contributed by atoms with Gasteiger partial charge in [0.25, 0.3) is 0 Å². The smallest absolute Gasteiger partial charge is 0.248 e. The molecule has 0 atom stereocenters. The maximum Gasteiger partial charge on any atom is 0.248 e. The van der Waals surface area contributed by atoms with Crippen LogP contribution in [0.15, 0.2) is 36.4 Å². The van der Waals surface area contributed by atoms with Gasteiger partial charge in [0.1, 0.15) is 5.52 Å². The summed E-state index contributed by atoms with van der Waals surface area (Å²) in [7, 11) is 0. The minimum absolute atomic E-state index is 0.0248. The maximum atomic E-state index is 12.3. The Balaban J connectivity index is 1.44. The van der Waals surface area contributed by atoms with Crippen LogP contribution >= 0.6 is 0 Å². The normalized spacial score (nSPS) is 11.6. The number of carbonyl (C=O) groups excluding carboxylic acids is 1. The fraction of sp³-hybridized carbons (Fsp3) is 0.625. The molecular weight excluding hydrogens is 346 g/mol.